The van der Waals surface area contributed by atoms with Crippen LogP contribution in [0.3, 0.4) is 0 Å². The normalized spacial score (nSPS) is 12.5. The van der Waals surface area contributed by atoms with Gasteiger partial charge in [0.1, 0.15) is 16.2 Å². The van der Waals surface area contributed by atoms with Crippen molar-refractivity contribution in [1.82, 2.24) is 0 Å². The molecule has 0 aromatic heterocycles. The molecule has 0 rings (SSSR count). The molecule has 0 fully saturated rings. The van der Waals surface area contributed by atoms with Crippen LogP contribution in [0.2, 0.25) is 0 Å². The predicted octanol–water partition coefficient (Wildman–Crippen LogP) is 0.751. The second-order valence-corrected chi connectivity index (χ2v) is 2.05. The van der Waals surface area contributed by atoms with E-state index in [1.165, 1.54) is 0 Å². The van der Waals surface area contributed by atoms with Crippen molar-refractivity contribution >= 4 is 5.84 Å². The van der Waals surface area contributed by atoms with Crippen molar-refractivity contribution < 1.29 is 15.0 Å². The molecule has 0 aliphatic rings. The fourth-order valence-corrected chi connectivity index (χ4v) is 0.592. The number of hydrogen-bond donors (Lipinski definition) is 1. The highest BCUT2D eigenvalue weighted by Gasteiger charge is 2.23. The maximum atomic E-state index is 10.1. The summed E-state index contributed by atoms with van der Waals surface area (Å²) in [5.74, 6) is -0.702. The first-order chi connectivity index (χ1) is 5.09. The molecular formula is C5H10N2O4. The largest absolute Gasteiger partial charge is 0.531 e. The highest BCUT2D eigenvalue weighted by molar-refractivity contribution is 5.68. The van der Waals surface area contributed by atoms with Crippen LogP contribution in [0.4, 0.5) is 0 Å². The lowest BCUT2D eigenvalue weighted by molar-refractivity contribution is -0.748. The van der Waals surface area contributed by atoms with Crippen LogP contribution in [0.15, 0.2) is 0 Å². The lowest BCUT2D eigenvalue weighted by Crippen LogP contribution is -2.21. The second-order valence-electron chi connectivity index (χ2n) is 2.05. The van der Waals surface area contributed by atoms with E-state index in [4.69, 9.17) is 5.21 Å². The van der Waals surface area contributed by atoms with Crippen molar-refractivity contribution in [1.29, 1.82) is 0 Å². The van der Waals surface area contributed by atoms with Crippen LogP contribution >= 0.6 is 0 Å². The van der Waals surface area contributed by atoms with Gasteiger partial charge < -0.3 is 5.21 Å². The zero-order valence-electron chi connectivity index (χ0n) is 6.19. The molecule has 6 heteroatoms. The Morgan fingerprint density at radius 2 is 2.09 bits per heavy atom. The zero-order valence-corrected chi connectivity index (χ0v) is 6.19. The van der Waals surface area contributed by atoms with E-state index in [1.807, 2.05) is 6.92 Å². The van der Waals surface area contributed by atoms with Gasteiger partial charge in [-0.1, -0.05) is 13.3 Å². The lowest BCUT2D eigenvalue weighted by atomic mass is 10.2. The van der Waals surface area contributed by atoms with Gasteiger partial charge in [0.15, 0.2) is 0 Å². The molecule has 0 aliphatic heterocycles. The summed E-state index contributed by atoms with van der Waals surface area (Å²) >= 11 is 0. The first kappa shape index (κ1) is 9.67. The summed E-state index contributed by atoms with van der Waals surface area (Å²) in [5, 5.41) is 28.3. The maximum absolute atomic E-state index is 10.1. The van der Waals surface area contributed by atoms with Crippen molar-refractivity contribution in [3.8, 4) is 0 Å². The van der Waals surface area contributed by atoms with E-state index in [1.54, 1.807) is 0 Å². The van der Waals surface area contributed by atoms with Crippen LogP contribution in [0.5, 0.6) is 0 Å². The average Bonchev–Trinajstić information content (AvgIpc) is 1.87. The number of nitro groups is 1. The van der Waals surface area contributed by atoms with Crippen LogP contribution in [0.25, 0.3) is 0 Å². The fourth-order valence-electron chi connectivity index (χ4n) is 0.592. The van der Waals surface area contributed by atoms with E-state index in [0.717, 1.165) is 6.42 Å². The van der Waals surface area contributed by atoms with E-state index in [-0.39, 0.29) is 6.42 Å². The molecule has 0 aliphatic carbocycles. The van der Waals surface area contributed by atoms with E-state index >= 15 is 0 Å². The number of unbranched alkanes of at least 4 members (excludes halogenated alkanes) is 1. The summed E-state index contributed by atoms with van der Waals surface area (Å²) in [6.45, 7) is 1.84. The number of amidine groups is 1. The predicted molar refractivity (Wildman–Crippen MR) is 36.9 cm³/mol. The van der Waals surface area contributed by atoms with Crippen molar-refractivity contribution in [2.24, 2.45) is 0 Å². The third kappa shape index (κ3) is 3.39. The van der Waals surface area contributed by atoms with Crippen molar-refractivity contribution in [3.05, 3.63) is 15.3 Å². The molecule has 0 radical (unpaired) electrons. The van der Waals surface area contributed by atoms with Gasteiger partial charge in [-0.2, -0.15) is 0 Å². The van der Waals surface area contributed by atoms with Gasteiger partial charge in [0.05, 0.1) is 0 Å². The molecule has 64 valence electrons. The maximum Gasteiger partial charge on any atom is 0.531 e. The number of rotatable bonds is 3. The SMILES string of the molecule is CCCC/C([N+](=O)[O-])=[N+](/[O-])O. The highest BCUT2D eigenvalue weighted by atomic mass is 16.8. The summed E-state index contributed by atoms with van der Waals surface area (Å²) in [7, 11) is 0. The molecule has 0 saturated heterocycles. The monoisotopic (exact) mass is 162 g/mol. The van der Waals surface area contributed by atoms with Crippen LogP contribution in [0, 0.1) is 15.3 Å². The molecule has 0 spiro atoms. The second kappa shape index (κ2) is 4.48. The van der Waals surface area contributed by atoms with Crippen LogP contribution in [-0.4, -0.2) is 20.9 Å². The Balaban J connectivity index is 4.14. The minimum Gasteiger partial charge on any atom is -0.412 e. The average molecular weight is 162 g/mol. The molecule has 0 amide bonds. The zero-order chi connectivity index (χ0) is 8.85. The smallest absolute Gasteiger partial charge is 0.412 e. The Hall–Kier alpha value is -1.33. The van der Waals surface area contributed by atoms with Crippen LogP contribution in [-0.2, 0) is 0 Å². The van der Waals surface area contributed by atoms with Gasteiger partial charge in [-0.25, -0.2) is 0 Å². The van der Waals surface area contributed by atoms with Crippen molar-refractivity contribution in [2.45, 2.75) is 26.2 Å². The van der Waals surface area contributed by atoms with Gasteiger partial charge in [0.25, 0.3) is 0 Å². The molecule has 0 saturated carbocycles. The Kier molecular flexibility index (Phi) is 3.94. The summed E-state index contributed by atoms with van der Waals surface area (Å²) in [5.41, 5.74) is 0. The van der Waals surface area contributed by atoms with E-state index in [2.05, 4.69) is 0 Å². The fraction of sp³-hybridized carbons (Fsp3) is 0.800. The van der Waals surface area contributed by atoms with Crippen LogP contribution < -0.4 is 0 Å². The van der Waals surface area contributed by atoms with Gasteiger partial charge >= 0.3 is 5.84 Å². The van der Waals surface area contributed by atoms with Crippen molar-refractivity contribution in [3.63, 3.8) is 0 Å². The summed E-state index contributed by atoms with van der Waals surface area (Å²) < 4.78 is 0. The Morgan fingerprint density at radius 3 is 2.36 bits per heavy atom. The Labute approximate surface area is 63.5 Å². The third-order valence-electron chi connectivity index (χ3n) is 1.19. The highest BCUT2D eigenvalue weighted by Crippen LogP contribution is 1.96. The van der Waals surface area contributed by atoms with Gasteiger partial charge in [-0.3, -0.25) is 15.3 Å². The van der Waals surface area contributed by atoms with E-state index in [9.17, 15) is 15.3 Å². The summed E-state index contributed by atoms with van der Waals surface area (Å²) in [4.78, 5) is 8.46. The topological polar surface area (TPSA) is 89.4 Å². The minimum atomic E-state index is -0.872. The summed E-state index contributed by atoms with van der Waals surface area (Å²) in [6.07, 6.45) is 1.27. The van der Waals surface area contributed by atoms with Gasteiger partial charge in [-0.05, 0) is 6.42 Å². The number of nitrogens with zero attached hydrogens (tertiary/aromatic N) is 2. The summed E-state index contributed by atoms with van der Waals surface area (Å²) in [6, 6.07) is 0. The standard InChI is InChI=1S/C5H10N2O4/c1-2-3-4-5(6(8)9)7(10)11/h2-4H2,1H3,(H,8,9). The first-order valence-corrected chi connectivity index (χ1v) is 3.26. The third-order valence-corrected chi connectivity index (χ3v) is 1.19. The number of hydrogen-bond acceptors (Lipinski definition) is 4. The molecule has 0 unspecified atom stereocenters. The molecule has 0 aromatic carbocycles. The molecule has 6 nitrogen and oxygen atoms in total. The Bertz CT molecular complexity index is 173. The first-order valence-electron chi connectivity index (χ1n) is 3.26. The molecule has 0 aromatic rings. The van der Waals surface area contributed by atoms with E-state index < -0.39 is 15.7 Å². The molecular weight excluding hydrogens is 152 g/mol. The molecule has 0 heterocycles. The molecule has 11 heavy (non-hydrogen) atoms. The molecule has 0 atom stereocenters. The lowest BCUT2D eigenvalue weighted by Gasteiger charge is -1.91. The van der Waals surface area contributed by atoms with Gasteiger partial charge in [0.2, 0.25) is 0 Å². The van der Waals surface area contributed by atoms with Gasteiger partial charge in [-0.15, -0.1) is 0 Å². The van der Waals surface area contributed by atoms with Crippen molar-refractivity contribution in [2.75, 3.05) is 0 Å². The Morgan fingerprint density at radius 1 is 1.55 bits per heavy atom. The van der Waals surface area contributed by atoms with Gasteiger partial charge in [0, 0.05) is 0 Å². The van der Waals surface area contributed by atoms with E-state index in [0.29, 0.717) is 6.42 Å². The van der Waals surface area contributed by atoms with Crippen LogP contribution in [0.1, 0.15) is 26.2 Å². The molecule has 1 N–H and O–H groups in total. The quantitative estimate of drug-likeness (QED) is 0.165. The molecule has 0 bridgehead atoms. The minimum absolute atomic E-state index is 0.00347.